The van der Waals surface area contributed by atoms with Crippen LogP contribution in [-0.2, 0) is 0 Å². The second-order valence-corrected chi connectivity index (χ2v) is 3.55. The maximum absolute atomic E-state index is 5.79. The second kappa shape index (κ2) is 3.21. The quantitative estimate of drug-likeness (QED) is 0.761. The summed E-state index contributed by atoms with van der Waals surface area (Å²) in [7, 11) is 0. The number of aromatic amines is 1. The van der Waals surface area contributed by atoms with Crippen LogP contribution in [0.15, 0.2) is 24.5 Å². The molecular weight excluding hydrogens is 176 g/mol. The molecule has 0 aliphatic heterocycles. The summed E-state index contributed by atoms with van der Waals surface area (Å²) in [6.45, 7) is 4.18. The fourth-order valence-corrected chi connectivity index (χ4v) is 1.61. The third kappa shape index (κ3) is 1.28. The van der Waals surface area contributed by atoms with Crippen LogP contribution >= 0.6 is 0 Å². The molecule has 74 valence electrons. The van der Waals surface area contributed by atoms with Gasteiger partial charge in [-0.05, 0) is 26.0 Å². The van der Waals surface area contributed by atoms with Gasteiger partial charge in [-0.1, -0.05) is 0 Å². The van der Waals surface area contributed by atoms with Gasteiger partial charge in [-0.3, -0.25) is 0 Å². The van der Waals surface area contributed by atoms with E-state index in [0.29, 0.717) is 12.0 Å². The number of nitrogens with two attached hydrogens (primary N) is 1. The first-order valence-corrected chi connectivity index (χ1v) is 4.66. The molecule has 0 saturated heterocycles. The molecule has 3 N–H and O–H groups in total. The minimum Gasteiger partial charge on any atom is -0.369 e. The minimum absolute atomic E-state index is 0.316. The summed E-state index contributed by atoms with van der Waals surface area (Å²) in [4.78, 5) is 7.26. The number of nitrogens with one attached hydrogen (secondary N) is 1. The van der Waals surface area contributed by atoms with Gasteiger partial charge < -0.3 is 15.3 Å². The molecule has 4 nitrogen and oxygen atoms in total. The van der Waals surface area contributed by atoms with E-state index in [9.17, 15) is 0 Å². The van der Waals surface area contributed by atoms with Crippen LogP contribution < -0.4 is 5.73 Å². The monoisotopic (exact) mass is 190 g/mol. The average molecular weight is 190 g/mol. The molecule has 0 aromatic carbocycles. The van der Waals surface area contributed by atoms with E-state index in [4.69, 9.17) is 5.73 Å². The lowest BCUT2D eigenvalue weighted by Crippen LogP contribution is -2.07. The van der Waals surface area contributed by atoms with Crippen LogP contribution in [-0.4, -0.2) is 14.5 Å². The number of anilines is 1. The first-order chi connectivity index (χ1) is 6.70. The molecule has 4 heteroatoms. The van der Waals surface area contributed by atoms with Gasteiger partial charge in [-0.25, -0.2) is 4.98 Å². The Labute approximate surface area is 82.8 Å². The SMILES string of the molecule is CC(C)n1c(-c2ccc[nH]2)cnc1N. The Hall–Kier alpha value is -1.71. The van der Waals surface area contributed by atoms with E-state index in [0.717, 1.165) is 11.4 Å². The molecule has 0 spiro atoms. The lowest BCUT2D eigenvalue weighted by atomic mass is 10.3. The molecule has 14 heavy (non-hydrogen) atoms. The maximum atomic E-state index is 5.79. The summed E-state index contributed by atoms with van der Waals surface area (Å²) in [5, 5.41) is 0. The van der Waals surface area contributed by atoms with E-state index < -0.39 is 0 Å². The predicted molar refractivity (Wildman–Crippen MR) is 56.8 cm³/mol. The van der Waals surface area contributed by atoms with Crippen molar-refractivity contribution in [3.05, 3.63) is 24.5 Å². The van der Waals surface area contributed by atoms with Gasteiger partial charge in [0.25, 0.3) is 0 Å². The molecule has 0 amide bonds. The van der Waals surface area contributed by atoms with Crippen LogP contribution in [0.2, 0.25) is 0 Å². The van der Waals surface area contributed by atoms with Crippen molar-refractivity contribution in [3.8, 4) is 11.4 Å². The van der Waals surface area contributed by atoms with Crippen molar-refractivity contribution in [2.24, 2.45) is 0 Å². The first kappa shape index (κ1) is 8.87. The van der Waals surface area contributed by atoms with Crippen molar-refractivity contribution < 1.29 is 0 Å². The molecule has 0 saturated carbocycles. The van der Waals surface area contributed by atoms with Crippen LogP contribution in [0.1, 0.15) is 19.9 Å². The van der Waals surface area contributed by atoms with Crippen LogP contribution in [0, 0.1) is 0 Å². The minimum atomic E-state index is 0.316. The van der Waals surface area contributed by atoms with Crippen LogP contribution in [0.4, 0.5) is 5.95 Å². The lowest BCUT2D eigenvalue weighted by molar-refractivity contribution is 0.614. The third-order valence-electron chi connectivity index (χ3n) is 2.22. The van der Waals surface area contributed by atoms with E-state index >= 15 is 0 Å². The van der Waals surface area contributed by atoms with Gasteiger partial charge in [0.2, 0.25) is 5.95 Å². The van der Waals surface area contributed by atoms with Crippen molar-refractivity contribution in [2.45, 2.75) is 19.9 Å². The van der Waals surface area contributed by atoms with Crippen molar-refractivity contribution in [2.75, 3.05) is 5.73 Å². The molecule has 0 bridgehead atoms. The van der Waals surface area contributed by atoms with E-state index in [1.165, 1.54) is 0 Å². The standard InChI is InChI=1S/C10H14N4/c1-7(2)14-9(6-13-10(14)11)8-4-3-5-12-8/h3-7,12H,1-2H3,(H2,11,13). The van der Waals surface area contributed by atoms with Gasteiger partial charge in [-0.15, -0.1) is 0 Å². The number of H-pyrrole nitrogens is 1. The Kier molecular flexibility index (Phi) is 2.04. The summed E-state index contributed by atoms with van der Waals surface area (Å²) < 4.78 is 2.01. The van der Waals surface area contributed by atoms with Gasteiger partial charge >= 0.3 is 0 Å². The lowest BCUT2D eigenvalue weighted by Gasteiger charge is -2.12. The molecule has 2 aromatic heterocycles. The summed E-state index contributed by atoms with van der Waals surface area (Å²) in [5.41, 5.74) is 7.86. The van der Waals surface area contributed by atoms with Crippen molar-refractivity contribution in [3.63, 3.8) is 0 Å². The summed E-state index contributed by atoms with van der Waals surface area (Å²) in [6, 6.07) is 4.29. The van der Waals surface area contributed by atoms with Crippen molar-refractivity contribution in [1.29, 1.82) is 0 Å². The fourth-order valence-electron chi connectivity index (χ4n) is 1.61. The number of hydrogen-bond donors (Lipinski definition) is 2. The van der Waals surface area contributed by atoms with Crippen LogP contribution in [0.25, 0.3) is 11.4 Å². The number of rotatable bonds is 2. The van der Waals surface area contributed by atoms with E-state index in [1.807, 2.05) is 22.9 Å². The molecular formula is C10H14N4. The largest absolute Gasteiger partial charge is 0.369 e. The molecule has 2 aromatic rings. The van der Waals surface area contributed by atoms with E-state index in [2.05, 4.69) is 23.8 Å². The van der Waals surface area contributed by atoms with Crippen LogP contribution in [0.5, 0.6) is 0 Å². The summed E-state index contributed by atoms with van der Waals surface area (Å²) in [6.07, 6.45) is 3.68. The number of hydrogen-bond acceptors (Lipinski definition) is 2. The topological polar surface area (TPSA) is 59.6 Å². The zero-order chi connectivity index (χ0) is 10.1. The van der Waals surface area contributed by atoms with Gasteiger partial charge in [0.05, 0.1) is 17.6 Å². The Morgan fingerprint density at radius 2 is 2.29 bits per heavy atom. The van der Waals surface area contributed by atoms with E-state index in [-0.39, 0.29) is 0 Å². The highest BCUT2D eigenvalue weighted by atomic mass is 15.2. The Bertz CT molecular complexity index is 411. The predicted octanol–water partition coefficient (Wildman–Crippen LogP) is 2.04. The zero-order valence-corrected chi connectivity index (χ0v) is 8.36. The Morgan fingerprint density at radius 3 is 2.86 bits per heavy atom. The third-order valence-corrected chi connectivity index (χ3v) is 2.22. The highest BCUT2D eigenvalue weighted by molar-refractivity contribution is 5.57. The number of nitrogens with zero attached hydrogens (tertiary/aromatic N) is 2. The van der Waals surface area contributed by atoms with Crippen LogP contribution in [0.3, 0.4) is 0 Å². The summed E-state index contributed by atoms with van der Waals surface area (Å²) >= 11 is 0. The van der Waals surface area contributed by atoms with Gasteiger partial charge in [0, 0.05) is 12.2 Å². The van der Waals surface area contributed by atoms with Gasteiger partial charge in [0.1, 0.15) is 0 Å². The average Bonchev–Trinajstić information content (AvgIpc) is 2.70. The molecule has 0 atom stereocenters. The smallest absolute Gasteiger partial charge is 0.200 e. The molecule has 2 heterocycles. The normalized spacial score (nSPS) is 11.1. The molecule has 0 fully saturated rings. The summed E-state index contributed by atoms with van der Waals surface area (Å²) in [5.74, 6) is 0.560. The maximum Gasteiger partial charge on any atom is 0.200 e. The molecule has 2 rings (SSSR count). The number of imidazole rings is 1. The van der Waals surface area contributed by atoms with Crippen molar-refractivity contribution >= 4 is 5.95 Å². The number of aromatic nitrogens is 3. The zero-order valence-electron chi connectivity index (χ0n) is 8.36. The van der Waals surface area contributed by atoms with Gasteiger partial charge in [0.15, 0.2) is 0 Å². The first-order valence-electron chi connectivity index (χ1n) is 4.66. The Balaban J connectivity index is 2.54. The van der Waals surface area contributed by atoms with Gasteiger partial charge in [-0.2, -0.15) is 0 Å². The highest BCUT2D eigenvalue weighted by Gasteiger charge is 2.11. The Morgan fingerprint density at radius 1 is 1.50 bits per heavy atom. The molecule has 0 unspecified atom stereocenters. The molecule has 0 aliphatic carbocycles. The molecule has 0 radical (unpaired) electrons. The fraction of sp³-hybridized carbons (Fsp3) is 0.300. The second-order valence-electron chi connectivity index (χ2n) is 3.55. The van der Waals surface area contributed by atoms with Crippen molar-refractivity contribution in [1.82, 2.24) is 14.5 Å². The molecule has 0 aliphatic rings. The highest BCUT2D eigenvalue weighted by Crippen LogP contribution is 2.23. The number of nitrogen functional groups attached to an aromatic ring is 1. The van der Waals surface area contributed by atoms with E-state index in [1.54, 1.807) is 6.20 Å².